The smallest absolute Gasteiger partial charge is 0.274 e. The van der Waals surface area contributed by atoms with Crippen LogP contribution in [0.25, 0.3) is 0 Å². The second-order valence-corrected chi connectivity index (χ2v) is 6.51. The SMILES string of the molecule is CC(=O)c1ccc(NC(=O)c2cc(C(=O)NCCc3ccccc3)ccn2)cc1. The molecule has 0 saturated heterocycles. The second-order valence-electron chi connectivity index (χ2n) is 6.51. The molecule has 0 saturated carbocycles. The molecule has 0 radical (unpaired) electrons. The molecule has 0 fully saturated rings. The summed E-state index contributed by atoms with van der Waals surface area (Å²) in [5.74, 6) is -0.738. The fourth-order valence-electron chi connectivity index (χ4n) is 2.75. The molecule has 3 aromatic rings. The van der Waals surface area contributed by atoms with E-state index in [1.165, 1.54) is 19.2 Å². The van der Waals surface area contributed by atoms with Crippen molar-refractivity contribution in [2.75, 3.05) is 11.9 Å². The van der Waals surface area contributed by atoms with Gasteiger partial charge in [0, 0.05) is 29.6 Å². The average Bonchev–Trinajstić information content (AvgIpc) is 2.75. The fourth-order valence-corrected chi connectivity index (χ4v) is 2.75. The number of anilines is 1. The fraction of sp³-hybridized carbons (Fsp3) is 0.130. The van der Waals surface area contributed by atoms with Gasteiger partial charge in [0.25, 0.3) is 11.8 Å². The highest BCUT2D eigenvalue weighted by Gasteiger charge is 2.12. The van der Waals surface area contributed by atoms with E-state index in [9.17, 15) is 14.4 Å². The summed E-state index contributed by atoms with van der Waals surface area (Å²) in [7, 11) is 0. The van der Waals surface area contributed by atoms with Crippen LogP contribution < -0.4 is 10.6 Å². The van der Waals surface area contributed by atoms with Gasteiger partial charge in [-0.25, -0.2) is 0 Å². The molecule has 0 aliphatic heterocycles. The zero-order valence-corrected chi connectivity index (χ0v) is 16.0. The number of carbonyl (C=O) groups is 3. The molecule has 3 rings (SSSR count). The Morgan fingerprint density at radius 2 is 1.59 bits per heavy atom. The minimum absolute atomic E-state index is 0.0458. The highest BCUT2D eigenvalue weighted by atomic mass is 16.2. The Hall–Kier alpha value is -3.80. The van der Waals surface area contributed by atoms with Gasteiger partial charge in [-0.15, -0.1) is 0 Å². The average molecular weight is 387 g/mol. The molecule has 1 aromatic heterocycles. The lowest BCUT2D eigenvalue weighted by Gasteiger charge is -2.08. The maximum Gasteiger partial charge on any atom is 0.274 e. The van der Waals surface area contributed by atoms with Crippen LogP contribution >= 0.6 is 0 Å². The molecule has 29 heavy (non-hydrogen) atoms. The number of carbonyl (C=O) groups excluding carboxylic acids is 3. The van der Waals surface area contributed by atoms with Crippen LogP contribution in [0.4, 0.5) is 5.69 Å². The molecule has 6 heteroatoms. The van der Waals surface area contributed by atoms with Gasteiger partial charge >= 0.3 is 0 Å². The Kier molecular flexibility index (Phi) is 6.47. The number of aromatic nitrogens is 1. The van der Waals surface area contributed by atoms with Gasteiger partial charge in [-0.3, -0.25) is 19.4 Å². The van der Waals surface area contributed by atoms with Gasteiger partial charge in [-0.1, -0.05) is 30.3 Å². The number of ketones is 1. The summed E-state index contributed by atoms with van der Waals surface area (Å²) < 4.78 is 0. The van der Waals surface area contributed by atoms with Crippen molar-refractivity contribution in [3.63, 3.8) is 0 Å². The van der Waals surface area contributed by atoms with E-state index >= 15 is 0 Å². The number of hydrogen-bond acceptors (Lipinski definition) is 4. The standard InChI is InChI=1S/C23H21N3O3/c1-16(27)18-7-9-20(10-8-18)26-23(29)21-15-19(12-14-24-21)22(28)25-13-11-17-5-3-2-4-6-17/h2-10,12,14-15H,11,13H2,1H3,(H,25,28)(H,26,29). The summed E-state index contributed by atoms with van der Waals surface area (Å²) in [5, 5.41) is 5.56. The van der Waals surface area contributed by atoms with Crippen LogP contribution in [0.2, 0.25) is 0 Å². The number of Topliss-reactive ketones (excluding diaryl/α,β-unsaturated/α-hetero) is 1. The topological polar surface area (TPSA) is 88.2 Å². The van der Waals surface area contributed by atoms with E-state index in [1.807, 2.05) is 30.3 Å². The molecule has 2 amide bonds. The Bertz CT molecular complexity index is 1020. The van der Waals surface area contributed by atoms with Crippen LogP contribution in [0.3, 0.4) is 0 Å². The van der Waals surface area contributed by atoms with Gasteiger partial charge in [-0.2, -0.15) is 0 Å². The predicted molar refractivity (Wildman–Crippen MR) is 111 cm³/mol. The number of pyridine rings is 1. The van der Waals surface area contributed by atoms with Crippen LogP contribution in [0.5, 0.6) is 0 Å². The molecule has 0 aliphatic rings. The Labute approximate surface area is 169 Å². The van der Waals surface area contributed by atoms with Crippen molar-refractivity contribution in [1.82, 2.24) is 10.3 Å². The molecular formula is C23H21N3O3. The number of nitrogens with zero attached hydrogens (tertiary/aromatic N) is 1. The molecule has 1 heterocycles. The van der Waals surface area contributed by atoms with Crippen molar-refractivity contribution in [1.29, 1.82) is 0 Å². The normalized spacial score (nSPS) is 10.2. The molecule has 6 nitrogen and oxygen atoms in total. The third-order valence-electron chi connectivity index (χ3n) is 4.35. The van der Waals surface area contributed by atoms with Crippen LogP contribution in [-0.2, 0) is 6.42 Å². The van der Waals surface area contributed by atoms with Gasteiger partial charge in [0.15, 0.2) is 5.78 Å². The molecule has 0 spiro atoms. The summed E-state index contributed by atoms with van der Waals surface area (Å²) in [6, 6.07) is 19.5. The largest absolute Gasteiger partial charge is 0.352 e. The van der Waals surface area contributed by atoms with Crippen molar-refractivity contribution < 1.29 is 14.4 Å². The minimum Gasteiger partial charge on any atom is -0.352 e. The highest BCUT2D eigenvalue weighted by molar-refractivity contribution is 6.05. The maximum absolute atomic E-state index is 12.4. The van der Waals surface area contributed by atoms with Gasteiger partial charge in [0.2, 0.25) is 0 Å². The molecule has 0 atom stereocenters. The number of rotatable bonds is 7. The molecule has 0 bridgehead atoms. The van der Waals surface area contributed by atoms with Crippen LogP contribution in [0.1, 0.15) is 43.7 Å². The zero-order valence-electron chi connectivity index (χ0n) is 16.0. The maximum atomic E-state index is 12.4. The van der Waals surface area contributed by atoms with E-state index in [4.69, 9.17) is 0 Å². The first-order chi connectivity index (χ1) is 14.0. The Balaban J connectivity index is 1.59. The van der Waals surface area contributed by atoms with Gasteiger partial charge in [-0.05, 0) is 55.3 Å². The lowest BCUT2D eigenvalue weighted by molar-refractivity contribution is 0.0953. The number of benzene rings is 2. The molecule has 2 N–H and O–H groups in total. The summed E-state index contributed by atoms with van der Waals surface area (Å²) in [5.41, 5.74) is 2.75. The third kappa shape index (κ3) is 5.59. The summed E-state index contributed by atoms with van der Waals surface area (Å²) in [6.45, 7) is 1.98. The van der Waals surface area contributed by atoms with Crippen molar-refractivity contribution in [2.24, 2.45) is 0 Å². The quantitative estimate of drug-likeness (QED) is 0.607. The molecule has 0 aliphatic carbocycles. The van der Waals surface area contributed by atoms with Crippen molar-refractivity contribution >= 4 is 23.3 Å². The van der Waals surface area contributed by atoms with Crippen LogP contribution in [0.15, 0.2) is 72.9 Å². The molecule has 146 valence electrons. The van der Waals surface area contributed by atoms with Crippen LogP contribution in [0, 0.1) is 0 Å². The Morgan fingerprint density at radius 3 is 2.28 bits per heavy atom. The lowest BCUT2D eigenvalue weighted by atomic mass is 10.1. The second kappa shape index (κ2) is 9.41. The van der Waals surface area contributed by atoms with Gasteiger partial charge in [0.1, 0.15) is 5.69 Å². The Morgan fingerprint density at radius 1 is 0.862 bits per heavy atom. The monoisotopic (exact) mass is 387 g/mol. The van der Waals surface area contributed by atoms with Crippen molar-refractivity contribution in [3.8, 4) is 0 Å². The molecule has 0 unspecified atom stereocenters. The lowest BCUT2D eigenvalue weighted by Crippen LogP contribution is -2.26. The van der Waals surface area contributed by atoms with E-state index in [1.54, 1.807) is 30.3 Å². The molecular weight excluding hydrogens is 366 g/mol. The van der Waals surface area contributed by atoms with Gasteiger partial charge in [0.05, 0.1) is 0 Å². The third-order valence-corrected chi connectivity index (χ3v) is 4.35. The minimum atomic E-state index is -0.431. The molecule has 2 aromatic carbocycles. The zero-order chi connectivity index (χ0) is 20.6. The number of hydrogen-bond donors (Lipinski definition) is 2. The van der Waals surface area contributed by atoms with Gasteiger partial charge < -0.3 is 10.6 Å². The van der Waals surface area contributed by atoms with Crippen molar-refractivity contribution in [3.05, 3.63) is 95.3 Å². The van der Waals surface area contributed by atoms with Crippen LogP contribution in [-0.4, -0.2) is 29.1 Å². The first-order valence-corrected chi connectivity index (χ1v) is 9.23. The van der Waals surface area contributed by atoms with Crippen molar-refractivity contribution in [2.45, 2.75) is 13.3 Å². The number of nitrogens with one attached hydrogen (secondary N) is 2. The van der Waals surface area contributed by atoms with E-state index in [0.717, 1.165) is 12.0 Å². The highest BCUT2D eigenvalue weighted by Crippen LogP contribution is 2.12. The summed E-state index contributed by atoms with van der Waals surface area (Å²) in [6.07, 6.45) is 2.15. The van der Waals surface area contributed by atoms with E-state index < -0.39 is 5.91 Å². The van der Waals surface area contributed by atoms with E-state index in [0.29, 0.717) is 23.4 Å². The number of amides is 2. The van der Waals surface area contributed by atoms with E-state index in [-0.39, 0.29) is 17.4 Å². The first kappa shape index (κ1) is 19.9. The van der Waals surface area contributed by atoms with E-state index in [2.05, 4.69) is 15.6 Å². The predicted octanol–water partition coefficient (Wildman–Crippen LogP) is 3.51. The summed E-state index contributed by atoms with van der Waals surface area (Å²) >= 11 is 0. The summed E-state index contributed by atoms with van der Waals surface area (Å²) in [4.78, 5) is 40.2. The first-order valence-electron chi connectivity index (χ1n) is 9.23.